The Morgan fingerprint density at radius 2 is 2.10 bits per heavy atom. The van der Waals surface area contributed by atoms with Crippen LogP contribution in [0.2, 0.25) is 0 Å². The first-order valence-corrected chi connectivity index (χ1v) is 4.14. The van der Waals surface area contributed by atoms with Gasteiger partial charge in [-0.05, 0) is 12.3 Å². The van der Waals surface area contributed by atoms with Crippen molar-refractivity contribution < 1.29 is 4.74 Å². The van der Waals surface area contributed by atoms with Gasteiger partial charge in [-0.25, -0.2) is 0 Å². The van der Waals surface area contributed by atoms with E-state index in [1.165, 1.54) is 6.42 Å². The van der Waals surface area contributed by atoms with E-state index in [0.717, 1.165) is 12.5 Å². The minimum Gasteiger partial charge on any atom is -0.377 e. The molecule has 0 aromatic rings. The summed E-state index contributed by atoms with van der Waals surface area (Å²) in [4.78, 5) is 0. The summed E-state index contributed by atoms with van der Waals surface area (Å²) in [5.41, 5.74) is 0.449. The van der Waals surface area contributed by atoms with E-state index in [0.29, 0.717) is 11.5 Å². The lowest BCUT2D eigenvalue weighted by atomic mass is 9.79. The minimum absolute atomic E-state index is 0.449. The highest BCUT2D eigenvalue weighted by Crippen LogP contribution is 2.37. The van der Waals surface area contributed by atoms with Crippen molar-refractivity contribution >= 4 is 0 Å². The van der Waals surface area contributed by atoms with Gasteiger partial charge in [0.05, 0.1) is 12.7 Å². The Morgan fingerprint density at radius 3 is 2.20 bits per heavy atom. The Balaban J connectivity index is 2.30. The van der Waals surface area contributed by atoms with Crippen LogP contribution in [0.1, 0.15) is 34.1 Å². The maximum absolute atomic E-state index is 5.46. The topological polar surface area (TPSA) is 9.23 Å². The summed E-state index contributed by atoms with van der Waals surface area (Å²) in [7, 11) is 0. The molecule has 1 fully saturated rings. The monoisotopic (exact) mass is 142 g/mol. The molecule has 1 rings (SSSR count). The maximum atomic E-state index is 5.46. The molecule has 1 unspecified atom stereocenters. The van der Waals surface area contributed by atoms with Crippen LogP contribution in [0.5, 0.6) is 0 Å². The second kappa shape index (κ2) is 2.54. The molecule has 60 valence electrons. The fourth-order valence-electron chi connectivity index (χ4n) is 1.35. The fourth-order valence-corrected chi connectivity index (χ4v) is 1.35. The molecule has 0 N–H and O–H groups in total. The van der Waals surface area contributed by atoms with Crippen molar-refractivity contribution in [1.29, 1.82) is 0 Å². The molecule has 0 amide bonds. The van der Waals surface area contributed by atoms with Crippen LogP contribution >= 0.6 is 0 Å². The first kappa shape index (κ1) is 8.06. The second-order valence-electron chi connectivity index (χ2n) is 4.42. The van der Waals surface area contributed by atoms with Crippen molar-refractivity contribution in [3.8, 4) is 0 Å². The summed E-state index contributed by atoms with van der Waals surface area (Å²) in [6, 6.07) is 0. The van der Waals surface area contributed by atoms with Crippen LogP contribution in [0.3, 0.4) is 0 Å². The standard InChI is InChI=1S/C9H18O/c1-7(2)5-8-9(3,4)6-10-8/h7-8H,5-6H2,1-4H3. The quantitative estimate of drug-likeness (QED) is 0.575. The lowest BCUT2D eigenvalue weighted by Crippen LogP contribution is -2.48. The van der Waals surface area contributed by atoms with Crippen molar-refractivity contribution in [2.45, 2.75) is 40.2 Å². The minimum atomic E-state index is 0.449. The Hall–Kier alpha value is -0.0400. The van der Waals surface area contributed by atoms with Crippen LogP contribution in [0.4, 0.5) is 0 Å². The molecule has 0 aliphatic carbocycles. The van der Waals surface area contributed by atoms with Crippen molar-refractivity contribution in [2.75, 3.05) is 6.61 Å². The molecule has 10 heavy (non-hydrogen) atoms. The van der Waals surface area contributed by atoms with E-state index in [1.807, 2.05) is 0 Å². The van der Waals surface area contributed by atoms with E-state index in [9.17, 15) is 0 Å². The van der Waals surface area contributed by atoms with E-state index < -0.39 is 0 Å². The average molecular weight is 142 g/mol. The predicted octanol–water partition coefficient (Wildman–Crippen LogP) is 2.46. The zero-order chi connectivity index (χ0) is 7.78. The van der Waals surface area contributed by atoms with Gasteiger partial charge >= 0.3 is 0 Å². The van der Waals surface area contributed by atoms with Crippen molar-refractivity contribution in [1.82, 2.24) is 0 Å². The van der Waals surface area contributed by atoms with Crippen LogP contribution in [-0.2, 0) is 4.74 Å². The number of ether oxygens (including phenoxy) is 1. The van der Waals surface area contributed by atoms with E-state index in [4.69, 9.17) is 4.74 Å². The highest BCUT2D eigenvalue weighted by atomic mass is 16.5. The van der Waals surface area contributed by atoms with Gasteiger partial charge in [0, 0.05) is 5.41 Å². The molecule has 1 saturated heterocycles. The van der Waals surface area contributed by atoms with Gasteiger partial charge in [-0.15, -0.1) is 0 Å². The molecule has 1 heteroatoms. The Kier molecular flexibility index (Phi) is 2.04. The molecule has 0 spiro atoms. The van der Waals surface area contributed by atoms with E-state index >= 15 is 0 Å². The number of hydrogen-bond donors (Lipinski definition) is 0. The highest BCUT2D eigenvalue weighted by Gasteiger charge is 2.39. The average Bonchev–Trinajstić information content (AvgIpc) is 1.81. The van der Waals surface area contributed by atoms with Gasteiger partial charge in [-0.3, -0.25) is 0 Å². The molecule has 1 atom stereocenters. The summed E-state index contributed by atoms with van der Waals surface area (Å²) < 4.78 is 5.46. The van der Waals surface area contributed by atoms with Crippen molar-refractivity contribution in [2.24, 2.45) is 11.3 Å². The van der Waals surface area contributed by atoms with Crippen LogP contribution in [0.15, 0.2) is 0 Å². The molecular formula is C9H18O. The van der Waals surface area contributed by atoms with Gasteiger partial charge in [-0.1, -0.05) is 27.7 Å². The largest absolute Gasteiger partial charge is 0.377 e. The van der Waals surface area contributed by atoms with Crippen molar-refractivity contribution in [3.05, 3.63) is 0 Å². The second-order valence-corrected chi connectivity index (χ2v) is 4.42. The molecule has 0 radical (unpaired) electrons. The molecule has 1 nitrogen and oxygen atoms in total. The maximum Gasteiger partial charge on any atom is 0.0650 e. The summed E-state index contributed by atoms with van der Waals surface area (Å²) in [6.45, 7) is 10.0. The third-order valence-corrected chi connectivity index (χ3v) is 2.21. The smallest absolute Gasteiger partial charge is 0.0650 e. The van der Waals surface area contributed by atoms with Gasteiger partial charge in [0.25, 0.3) is 0 Å². The van der Waals surface area contributed by atoms with E-state index in [-0.39, 0.29) is 0 Å². The highest BCUT2D eigenvalue weighted by molar-refractivity contribution is 4.87. The van der Waals surface area contributed by atoms with Gasteiger partial charge in [0.1, 0.15) is 0 Å². The molecule has 0 saturated carbocycles. The number of hydrogen-bond acceptors (Lipinski definition) is 1. The van der Waals surface area contributed by atoms with Crippen molar-refractivity contribution in [3.63, 3.8) is 0 Å². The predicted molar refractivity (Wildman–Crippen MR) is 43.0 cm³/mol. The van der Waals surface area contributed by atoms with Crippen LogP contribution in [-0.4, -0.2) is 12.7 Å². The zero-order valence-electron chi connectivity index (χ0n) is 7.48. The first-order valence-electron chi connectivity index (χ1n) is 4.14. The molecule has 1 aliphatic rings. The molecule has 1 aliphatic heterocycles. The summed E-state index contributed by atoms with van der Waals surface area (Å²) in [6.07, 6.45) is 1.74. The summed E-state index contributed by atoms with van der Waals surface area (Å²) in [5.74, 6) is 0.768. The van der Waals surface area contributed by atoms with Gasteiger partial charge in [0.2, 0.25) is 0 Å². The number of rotatable bonds is 2. The summed E-state index contributed by atoms with van der Waals surface area (Å²) in [5, 5.41) is 0. The first-order chi connectivity index (χ1) is 4.52. The lowest BCUT2D eigenvalue weighted by Gasteiger charge is -2.45. The fraction of sp³-hybridized carbons (Fsp3) is 1.00. The molecule has 0 aromatic heterocycles. The molecule has 0 bridgehead atoms. The molecule has 0 aromatic carbocycles. The SMILES string of the molecule is CC(C)CC1OCC1(C)C. The van der Waals surface area contributed by atoms with E-state index in [1.54, 1.807) is 0 Å². The van der Waals surface area contributed by atoms with Crippen LogP contribution < -0.4 is 0 Å². The zero-order valence-corrected chi connectivity index (χ0v) is 7.48. The summed E-state index contributed by atoms with van der Waals surface area (Å²) >= 11 is 0. The normalized spacial score (nSPS) is 30.3. The van der Waals surface area contributed by atoms with Crippen LogP contribution in [0.25, 0.3) is 0 Å². The van der Waals surface area contributed by atoms with E-state index in [2.05, 4.69) is 27.7 Å². The lowest BCUT2D eigenvalue weighted by molar-refractivity contribution is -0.174. The van der Waals surface area contributed by atoms with Gasteiger partial charge in [0.15, 0.2) is 0 Å². The Morgan fingerprint density at radius 1 is 1.50 bits per heavy atom. The molecular weight excluding hydrogens is 124 g/mol. The van der Waals surface area contributed by atoms with Gasteiger partial charge < -0.3 is 4.74 Å². The van der Waals surface area contributed by atoms with Gasteiger partial charge in [-0.2, -0.15) is 0 Å². The Labute approximate surface area is 63.8 Å². The third-order valence-electron chi connectivity index (χ3n) is 2.21. The van der Waals surface area contributed by atoms with Crippen LogP contribution in [0, 0.1) is 11.3 Å². The Bertz CT molecular complexity index is 116. The molecule has 1 heterocycles. The third kappa shape index (κ3) is 1.51.